The number of ether oxygens (including phenoxy) is 1. The van der Waals surface area contributed by atoms with Crippen LogP contribution in [0.2, 0.25) is 0 Å². The largest absolute Gasteiger partial charge is 0.490 e. The summed E-state index contributed by atoms with van der Waals surface area (Å²) in [5.41, 5.74) is 0.428. The van der Waals surface area contributed by atoms with Gasteiger partial charge in [-0.2, -0.15) is 5.26 Å². The van der Waals surface area contributed by atoms with Crippen molar-refractivity contribution in [3.63, 3.8) is 0 Å². The van der Waals surface area contributed by atoms with Gasteiger partial charge in [0.1, 0.15) is 22.7 Å². The van der Waals surface area contributed by atoms with Gasteiger partial charge >= 0.3 is 0 Å². The number of anilines is 1. The van der Waals surface area contributed by atoms with E-state index in [0.29, 0.717) is 22.6 Å². The van der Waals surface area contributed by atoms with E-state index in [2.05, 4.69) is 21.4 Å². The number of aromatic nitrogens is 3. The molecule has 0 saturated heterocycles. The van der Waals surface area contributed by atoms with Crippen LogP contribution in [0.4, 0.5) is 14.6 Å². The normalized spacial score (nSPS) is 15.4. The zero-order chi connectivity index (χ0) is 23.2. The Bertz CT molecular complexity index is 1310. The van der Waals surface area contributed by atoms with Gasteiger partial charge in [-0.1, -0.05) is 12.1 Å². The lowest BCUT2D eigenvalue weighted by molar-refractivity contribution is 0.0650. The van der Waals surface area contributed by atoms with Gasteiger partial charge in [-0.25, -0.2) is 18.7 Å². The highest BCUT2D eigenvalue weighted by Gasteiger charge is 2.54. The minimum Gasteiger partial charge on any atom is -0.490 e. The summed E-state index contributed by atoms with van der Waals surface area (Å²) in [5.74, 6) is 0.720. The fraction of sp³-hybridized carbons (Fsp3) is 0.391. The minimum atomic E-state index is -2.68. The zero-order valence-corrected chi connectivity index (χ0v) is 18.2. The maximum Gasteiger partial charge on any atom is 0.295 e. The van der Waals surface area contributed by atoms with E-state index in [1.807, 2.05) is 26.0 Å². The molecule has 0 radical (unpaired) electrons. The number of fused-ring (bicyclic) bond motifs is 1. The van der Waals surface area contributed by atoms with Crippen LogP contribution >= 0.6 is 0 Å². The van der Waals surface area contributed by atoms with Gasteiger partial charge in [0.2, 0.25) is 5.75 Å². The maximum atomic E-state index is 13.8. The molecule has 0 spiro atoms. The van der Waals surface area contributed by atoms with E-state index >= 15 is 0 Å². The predicted octanol–water partition coefficient (Wildman–Crippen LogP) is 4.22. The van der Waals surface area contributed by atoms with Crippen LogP contribution in [0.3, 0.4) is 0 Å². The first-order valence-electron chi connectivity index (χ1n) is 10.3. The highest BCUT2D eigenvalue weighted by atomic mass is 19.3. The molecule has 3 aromatic rings. The Morgan fingerprint density at radius 1 is 1.28 bits per heavy atom. The number of hydrogen-bond donors (Lipinski definition) is 1. The fourth-order valence-corrected chi connectivity index (χ4v) is 4.12. The maximum absolute atomic E-state index is 13.8. The monoisotopic (exact) mass is 439 g/mol. The Morgan fingerprint density at radius 2 is 2.00 bits per heavy atom. The molecule has 1 fully saturated rings. The molecule has 1 aromatic carbocycles. The lowest BCUT2D eigenvalue weighted by Gasteiger charge is -2.22. The Morgan fingerprint density at radius 3 is 2.59 bits per heavy atom. The number of benzene rings is 1. The molecule has 0 unspecified atom stereocenters. The van der Waals surface area contributed by atoms with Crippen LogP contribution < -0.4 is 15.6 Å². The molecule has 1 saturated carbocycles. The van der Waals surface area contributed by atoms with E-state index in [1.54, 1.807) is 13.0 Å². The Kier molecular flexibility index (Phi) is 5.33. The van der Waals surface area contributed by atoms with Crippen molar-refractivity contribution in [3.05, 3.63) is 57.3 Å². The molecule has 1 atom stereocenters. The van der Waals surface area contributed by atoms with Gasteiger partial charge in [0.15, 0.2) is 0 Å². The van der Waals surface area contributed by atoms with E-state index in [-0.39, 0.29) is 30.1 Å². The Labute approximate surface area is 183 Å². The molecule has 2 heterocycles. The summed E-state index contributed by atoms with van der Waals surface area (Å²) in [5, 5.41) is 13.1. The molecule has 4 rings (SSSR count). The van der Waals surface area contributed by atoms with Crippen LogP contribution in [0.25, 0.3) is 10.9 Å². The van der Waals surface area contributed by atoms with Gasteiger partial charge in [-0.15, -0.1) is 0 Å². The van der Waals surface area contributed by atoms with E-state index in [9.17, 15) is 18.8 Å². The second-order valence-electron chi connectivity index (χ2n) is 8.12. The van der Waals surface area contributed by atoms with Crippen LogP contribution in [0.1, 0.15) is 48.3 Å². The first-order chi connectivity index (χ1) is 15.2. The fourth-order valence-electron chi connectivity index (χ4n) is 4.12. The third kappa shape index (κ3) is 3.36. The number of nitrogens with one attached hydrogen (secondary N) is 1. The summed E-state index contributed by atoms with van der Waals surface area (Å²) < 4.78 is 34.0. The van der Waals surface area contributed by atoms with Crippen LogP contribution in [0.15, 0.2) is 29.2 Å². The van der Waals surface area contributed by atoms with Crippen LogP contribution in [0, 0.1) is 25.2 Å². The number of pyridine rings is 1. The lowest BCUT2D eigenvalue weighted by Crippen LogP contribution is -2.36. The zero-order valence-electron chi connectivity index (χ0n) is 18.2. The molecule has 0 amide bonds. The molecule has 0 aliphatic heterocycles. The quantitative estimate of drug-likeness (QED) is 0.618. The number of halogens is 2. The van der Waals surface area contributed by atoms with E-state index in [4.69, 9.17) is 4.74 Å². The van der Waals surface area contributed by atoms with Crippen molar-refractivity contribution in [2.45, 2.75) is 51.6 Å². The number of aryl methyl sites for hydroxylation is 1. The van der Waals surface area contributed by atoms with Gasteiger partial charge in [0.25, 0.3) is 12.0 Å². The smallest absolute Gasteiger partial charge is 0.295 e. The molecule has 1 aliphatic carbocycles. The standard InChI is InChI=1S/C23H23F2N5O2/c1-12-15(10-26)6-5-7-16(12)13(2)27-20-17-11-30(23(8-9-23)22(24)25)21(31)19(32-4)18(17)28-14(3)29-20/h5-7,11,13,22H,8-9H2,1-4H3,(H,27,28,29)/t13-/m1/s1. The molecule has 1 aliphatic rings. The molecular weight excluding hydrogens is 416 g/mol. The Balaban J connectivity index is 1.89. The molecule has 9 heteroatoms. The highest BCUT2D eigenvalue weighted by molar-refractivity contribution is 5.92. The number of nitrogens with zero attached hydrogens (tertiary/aromatic N) is 4. The van der Waals surface area contributed by atoms with Crippen LogP contribution in [-0.4, -0.2) is 28.1 Å². The second-order valence-corrected chi connectivity index (χ2v) is 8.12. The van der Waals surface area contributed by atoms with E-state index < -0.39 is 17.5 Å². The molecule has 0 bridgehead atoms. The Hall–Kier alpha value is -3.54. The molecule has 32 heavy (non-hydrogen) atoms. The summed E-state index contributed by atoms with van der Waals surface area (Å²) in [4.78, 5) is 21.8. The van der Waals surface area contributed by atoms with Crippen molar-refractivity contribution in [1.82, 2.24) is 14.5 Å². The molecule has 1 N–H and O–H groups in total. The summed E-state index contributed by atoms with van der Waals surface area (Å²) in [6.07, 6.45) is -0.844. The summed E-state index contributed by atoms with van der Waals surface area (Å²) in [7, 11) is 1.33. The SMILES string of the molecule is COc1c(=O)n(C2(C(F)F)CC2)cc2c(N[C@H](C)c3cccc(C#N)c3C)nc(C)nc12. The summed E-state index contributed by atoms with van der Waals surface area (Å²) in [6.45, 7) is 5.47. The molecule has 166 valence electrons. The van der Waals surface area contributed by atoms with E-state index in [1.165, 1.54) is 13.3 Å². The summed E-state index contributed by atoms with van der Waals surface area (Å²) in [6, 6.07) is 7.39. The third-order valence-electron chi connectivity index (χ3n) is 6.11. The first-order valence-corrected chi connectivity index (χ1v) is 10.3. The van der Waals surface area contributed by atoms with Gasteiger partial charge in [-0.05, 0) is 50.8 Å². The number of rotatable bonds is 6. The minimum absolute atomic E-state index is 0.0849. The van der Waals surface area contributed by atoms with Crippen molar-refractivity contribution in [3.8, 4) is 11.8 Å². The predicted molar refractivity (Wildman–Crippen MR) is 116 cm³/mol. The number of methoxy groups -OCH3 is 1. The average Bonchev–Trinajstić information content (AvgIpc) is 3.55. The van der Waals surface area contributed by atoms with Crippen molar-refractivity contribution in [2.75, 3.05) is 12.4 Å². The van der Waals surface area contributed by atoms with Crippen LogP contribution in [-0.2, 0) is 5.54 Å². The number of nitriles is 1. The number of alkyl halides is 2. The van der Waals surface area contributed by atoms with Gasteiger partial charge in [0.05, 0.1) is 30.2 Å². The lowest BCUT2D eigenvalue weighted by atomic mass is 9.98. The topological polar surface area (TPSA) is 92.8 Å². The van der Waals surface area contributed by atoms with Gasteiger partial charge < -0.3 is 10.1 Å². The highest BCUT2D eigenvalue weighted by Crippen LogP contribution is 2.48. The third-order valence-corrected chi connectivity index (χ3v) is 6.11. The van der Waals surface area contributed by atoms with E-state index in [0.717, 1.165) is 15.7 Å². The summed E-state index contributed by atoms with van der Waals surface area (Å²) >= 11 is 0. The van der Waals surface area contributed by atoms with Crippen molar-refractivity contribution in [2.24, 2.45) is 0 Å². The van der Waals surface area contributed by atoms with Gasteiger partial charge in [-0.3, -0.25) is 9.36 Å². The first kappa shape index (κ1) is 21.7. The molecular formula is C23H23F2N5O2. The van der Waals surface area contributed by atoms with Crippen molar-refractivity contribution < 1.29 is 13.5 Å². The van der Waals surface area contributed by atoms with Crippen molar-refractivity contribution in [1.29, 1.82) is 5.26 Å². The molecule has 7 nitrogen and oxygen atoms in total. The average molecular weight is 439 g/mol. The van der Waals surface area contributed by atoms with Crippen LogP contribution in [0.5, 0.6) is 5.75 Å². The number of hydrogen-bond acceptors (Lipinski definition) is 6. The second kappa shape index (κ2) is 7.86. The molecule has 2 aromatic heterocycles. The van der Waals surface area contributed by atoms with Gasteiger partial charge in [0, 0.05) is 6.20 Å². The van der Waals surface area contributed by atoms with Crippen molar-refractivity contribution >= 4 is 16.7 Å².